The van der Waals surface area contributed by atoms with E-state index in [1.807, 2.05) is 0 Å². The largest absolute Gasteiger partial charge is 0.370 e. The van der Waals surface area contributed by atoms with Gasteiger partial charge in [0.25, 0.3) is 0 Å². The van der Waals surface area contributed by atoms with Crippen molar-refractivity contribution < 1.29 is 4.74 Å². The molecule has 1 fully saturated rings. The molecule has 0 unspecified atom stereocenters. The Morgan fingerprint density at radius 1 is 1.73 bits per heavy atom. The molecule has 4 nitrogen and oxygen atoms in total. The number of aromatic nitrogens is 2. The Balaban J connectivity index is 2.16. The number of nitrogens with one attached hydrogen (secondary N) is 1. The zero-order valence-corrected chi connectivity index (χ0v) is 6.16. The van der Waals surface area contributed by atoms with Gasteiger partial charge in [0.05, 0.1) is 18.2 Å². The van der Waals surface area contributed by atoms with E-state index in [9.17, 15) is 0 Å². The van der Waals surface area contributed by atoms with Crippen molar-refractivity contribution in [3.05, 3.63) is 18.2 Å². The second-order valence-corrected chi connectivity index (χ2v) is 2.75. The molecule has 11 heavy (non-hydrogen) atoms. The summed E-state index contributed by atoms with van der Waals surface area (Å²) in [6, 6.07) is 0.121. The van der Waals surface area contributed by atoms with E-state index in [0.29, 0.717) is 0 Å². The molecule has 60 valence electrons. The van der Waals surface area contributed by atoms with Crippen LogP contribution in [0.25, 0.3) is 0 Å². The van der Waals surface area contributed by atoms with Gasteiger partial charge in [-0.3, -0.25) is 0 Å². The van der Waals surface area contributed by atoms with E-state index in [1.54, 1.807) is 12.5 Å². The topological polar surface area (TPSA) is 63.9 Å². The number of rotatable bonds is 1. The summed E-state index contributed by atoms with van der Waals surface area (Å²) in [6.45, 7) is 0.755. The number of hydrogen-bond acceptors (Lipinski definition) is 3. The number of aromatic amines is 1. The molecule has 2 heterocycles. The summed E-state index contributed by atoms with van der Waals surface area (Å²) in [5, 5.41) is 0. The quantitative estimate of drug-likeness (QED) is 0.605. The number of imidazole rings is 1. The maximum Gasteiger partial charge on any atom is 0.114 e. The highest BCUT2D eigenvalue weighted by molar-refractivity contribution is 5.04. The standard InChI is InChI=1S/C7H11N3O/c8-5-1-2-11-7(5)6-3-9-4-10-6/h3-5,7H,1-2,8H2,(H,9,10)/t5-,7-/m0/s1. The molecule has 3 N–H and O–H groups in total. The average molecular weight is 153 g/mol. The smallest absolute Gasteiger partial charge is 0.114 e. The summed E-state index contributed by atoms with van der Waals surface area (Å²) in [5.41, 5.74) is 6.78. The van der Waals surface area contributed by atoms with Gasteiger partial charge in [-0.25, -0.2) is 4.98 Å². The Morgan fingerprint density at radius 3 is 3.18 bits per heavy atom. The van der Waals surface area contributed by atoms with Gasteiger partial charge in [-0.05, 0) is 6.42 Å². The molecule has 0 radical (unpaired) electrons. The second kappa shape index (κ2) is 2.64. The lowest BCUT2D eigenvalue weighted by atomic mass is 10.1. The van der Waals surface area contributed by atoms with Crippen LogP contribution < -0.4 is 5.73 Å². The lowest BCUT2D eigenvalue weighted by molar-refractivity contribution is 0.102. The maximum absolute atomic E-state index is 5.80. The zero-order valence-electron chi connectivity index (χ0n) is 6.16. The van der Waals surface area contributed by atoms with Gasteiger partial charge >= 0.3 is 0 Å². The fraction of sp³-hybridized carbons (Fsp3) is 0.571. The summed E-state index contributed by atoms with van der Waals surface area (Å²) in [6.07, 6.45) is 4.36. The molecule has 1 saturated heterocycles. The highest BCUT2D eigenvalue weighted by atomic mass is 16.5. The first-order chi connectivity index (χ1) is 5.38. The third-order valence-electron chi connectivity index (χ3n) is 1.96. The Bertz CT molecular complexity index is 222. The normalized spacial score (nSPS) is 31.0. The van der Waals surface area contributed by atoms with Crippen molar-refractivity contribution in [2.24, 2.45) is 5.73 Å². The number of ether oxygens (including phenoxy) is 1. The maximum atomic E-state index is 5.80. The third kappa shape index (κ3) is 1.15. The summed E-state index contributed by atoms with van der Waals surface area (Å²) >= 11 is 0. The van der Waals surface area contributed by atoms with Crippen LogP contribution in [-0.4, -0.2) is 22.6 Å². The SMILES string of the molecule is N[C@H]1CCO[C@@H]1c1cnc[nH]1. The Hall–Kier alpha value is -0.870. The predicted molar refractivity (Wildman–Crippen MR) is 39.9 cm³/mol. The van der Waals surface area contributed by atoms with Gasteiger partial charge < -0.3 is 15.5 Å². The summed E-state index contributed by atoms with van der Waals surface area (Å²) in [7, 11) is 0. The minimum absolute atomic E-state index is 0.0255. The predicted octanol–water partition coefficient (Wildman–Crippen LogP) is 0.198. The highest BCUT2D eigenvalue weighted by Gasteiger charge is 2.27. The van der Waals surface area contributed by atoms with Gasteiger partial charge in [-0.2, -0.15) is 0 Å². The van der Waals surface area contributed by atoms with Crippen molar-refractivity contribution in [3.8, 4) is 0 Å². The Morgan fingerprint density at radius 2 is 2.64 bits per heavy atom. The molecule has 1 aliphatic heterocycles. The van der Waals surface area contributed by atoms with Crippen LogP contribution >= 0.6 is 0 Å². The molecule has 1 aliphatic rings. The van der Waals surface area contributed by atoms with Crippen molar-refractivity contribution in [2.75, 3.05) is 6.61 Å². The first-order valence-electron chi connectivity index (χ1n) is 3.73. The fourth-order valence-electron chi connectivity index (χ4n) is 1.35. The van der Waals surface area contributed by atoms with Crippen molar-refractivity contribution >= 4 is 0 Å². The van der Waals surface area contributed by atoms with Crippen LogP contribution in [0.4, 0.5) is 0 Å². The first-order valence-corrected chi connectivity index (χ1v) is 3.73. The number of H-pyrrole nitrogens is 1. The van der Waals surface area contributed by atoms with E-state index >= 15 is 0 Å². The van der Waals surface area contributed by atoms with Crippen LogP contribution in [-0.2, 0) is 4.74 Å². The fourth-order valence-corrected chi connectivity index (χ4v) is 1.35. The molecule has 0 saturated carbocycles. The van der Waals surface area contributed by atoms with E-state index in [2.05, 4.69) is 9.97 Å². The molecular formula is C7H11N3O. The molecule has 0 aliphatic carbocycles. The van der Waals surface area contributed by atoms with Gasteiger partial charge in [0, 0.05) is 12.6 Å². The van der Waals surface area contributed by atoms with Crippen LogP contribution in [0.15, 0.2) is 12.5 Å². The van der Waals surface area contributed by atoms with Crippen LogP contribution in [0, 0.1) is 0 Å². The van der Waals surface area contributed by atoms with Crippen LogP contribution in [0.5, 0.6) is 0 Å². The van der Waals surface area contributed by atoms with E-state index in [-0.39, 0.29) is 12.1 Å². The van der Waals surface area contributed by atoms with Gasteiger partial charge in [0.15, 0.2) is 0 Å². The van der Waals surface area contributed by atoms with Gasteiger partial charge in [-0.1, -0.05) is 0 Å². The van der Waals surface area contributed by atoms with E-state index in [1.165, 1.54) is 0 Å². The molecule has 0 bridgehead atoms. The van der Waals surface area contributed by atoms with Gasteiger partial charge in [0.2, 0.25) is 0 Å². The summed E-state index contributed by atoms with van der Waals surface area (Å²) in [4.78, 5) is 6.90. The molecular weight excluding hydrogens is 142 g/mol. The Kier molecular flexibility index (Phi) is 1.63. The number of nitrogens with zero attached hydrogens (tertiary/aromatic N) is 1. The first kappa shape index (κ1) is 6.82. The number of nitrogens with two attached hydrogens (primary N) is 1. The van der Waals surface area contributed by atoms with Gasteiger partial charge in [-0.15, -0.1) is 0 Å². The van der Waals surface area contributed by atoms with Crippen LogP contribution in [0.3, 0.4) is 0 Å². The van der Waals surface area contributed by atoms with Crippen molar-refractivity contribution in [1.82, 2.24) is 9.97 Å². The average Bonchev–Trinajstić information content (AvgIpc) is 2.55. The lowest BCUT2D eigenvalue weighted by Gasteiger charge is -2.11. The molecule has 2 atom stereocenters. The summed E-state index contributed by atoms with van der Waals surface area (Å²) < 4.78 is 5.41. The van der Waals surface area contributed by atoms with Gasteiger partial charge in [0.1, 0.15) is 6.10 Å². The minimum atomic E-state index is 0.0255. The molecule has 1 aromatic heterocycles. The van der Waals surface area contributed by atoms with E-state index in [0.717, 1.165) is 18.7 Å². The molecule has 0 spiro atoms. The van der Waals surface area contributed by atoms with Crippen molar-refractivity contribution in [1.29, 1.82) is 0 Å². The van der Waals surface area contributed by atoms with Crippen molar-refractivity contribution in [2.45, 2.75) is 18.6 Å². The Labute approximate surface area is 64.8 Å². The minimum Gasteiger partial charge on any atom is -0.370 e. The van der Waals surface area contributed by atoms with E-state index < -0.39 is 0 Å². The summed E-state index contributed by atoms with van der Waals surface area (Å²) in [5.74, 6) is 0. The zero-order chi connectivity index (χ0) is 7.68. The highest BCUT2D eigenvalue weighted by Crippen LogP contribution is 2.25. The molecule has 4 heteroatoms. The molecule has 0 amide bonds. The molecule has 2 rings (SSSR count). The molecule has 1 aromatic rings. The number of hydrogen-bond donors (Lipinski definition) is 2. The second-order valence-electron chi connectivity index (χ2n) is 2.75. The monoisotopic (exact) mass is 153 g/mol. The van der Waals surface area contributed by atoms with E-state index in [4.69, 9.17) is 10.5 Å². The molecule has 0 aromatic carbocycles. The lowest BCUT2D eigenvalue weighted by Crippen LogP contribution is -2.23. The van der Waals surface area contributed by atoms with Crippen LogP contribution in [0.1, 0.15) is 18.2 Å². The third-order valence-corrected chi connectivity index (χ3v) is 1.96. The van der Waals surface area contributed by atoms with Crippen molar-refractivity contribution in [3.63, 3.8) is 0 Å². The van der Waals surface area contributed by atoms with Crippen LogP contribution in [0.2, 0.25) is 0 Å².